The van der Waals surface area contributed by atoms with Crippen molar-refractivity contribution in [3.8, 4) is 11.4 Å². The smallest absolute Gasteiger partial charge is 0.274 e. The maximum Gasteiger partial charge on any atom is 0.274 e. The van der Waals surface area contributed by atoms with Crippen LogP contribution in [0.1, 0.15) is 10.5 Å². The summed E-state index contributed by atoms with van der Waals surface area (Å²) in [6.45, 7) is 0. The quantitative estimate of drug-likeness (QED) is 0.610. The lowest BCUT2D eigenvalue weighted by molar-refractivity contribution is 0.102. The summed E-state index contributed by atoms with van der Waals surface area (Å²) in [6.07, 6.45) is 1.49. The first kappa shape index (κ1) is 15.7. The number of ether oxygens (including phenoxy) is 1. The highest BCUT2D eigenvalue weighted by molar-refractivity contribution is 6.04. The lowest BCUT2D eigenvalue weighted by Gasteiger charge is -2.08. The third-order valence-electron chi connectivity index (χ3n) is 3.85. The van der Waals surface area contributed by atoms with Crippen LogP contribution in [0.5, 0.6) is 5.75 Å². The lowest BCUT2D eigenvalue weighted by atomic mass is 10.2. The number of benzene rings is 2. The van der Waals surface area contributed by atoms with Gasteiger partial charge in [-0.2, -0.15) is 0 Å². The molecular weight excluding hydrogens is 332 g/mol. The Morgan fingerprint density at radius 3 is 2.85 bits per heavy atom. The molecule has 0 atom stereocenters. The van der Waals surface area contributed by atoms with Crippen molar-refractivity contribution in [3.05, 3.63) is 66.6 Å². The average molecular weight is 346 g/mol. The van der Waals surface area contributed by atoms with Crippen LogP contribution in [0.4, 0.5) is 5.69 Å². The molecule has 0 unspecified atom stereocenters. The first-order valence-corrected chi connectivity index (χ1v) is 7.82. The van der Waals surface area contributed by atoms with Gasteiger partial charge in [0.15, 0.2) is 0 Å². The van der Waals surface area contributed by atoms with E-state index in [2.05, 4.69) is 25.8 Å². The van der Waals surface area contributed by atoms with Gasteiger partial charge in [0, 0.05) is 11.1 Å². The highest BCUT2D eigenvalue weighted by Gasteiger charge is 2.10. The van der Waals surface area contributed by atoms with Crippen molar-refractivity contribution in [3.63, 3.8) is 0 Å². The van der Waals surface area contributed by atoms with Crippen molar-refractivity contribution >= 4 is 22.5 Å². The van der Waals surface area contributed by atoms with E-state index in [4.69, 9.17) is 4.74 Å². The number of pyridine rings is 1. The van der Waals surface area contributed by atoms with E-state index in [0.29, 0.717) is 11.4 Å². The zero-order valence-corrected chi connectivity index (χ0v) is 13.8. The molecule has 2 aromatic heterocycles. The highest BCUT2D eigenvalue weighted by Crippen LogP contribution is 2.20. The summed E-state index contributed by atoms with van der Waals surface area (Å²) in [5.41, 5.74) is 2.42. The second-order valence-electron chi connectivity index (χ2n) is 5.51. The summed E-state index contributed by atoms with van der Waals surface area (Å²) in [5.74, 6) is 0.451. The molecule has 4 rings (SSSR count). The summed E-state index contributed by atoms with van der Waals surface area (Å²) in [7, 11) is 1.61. The molecule has 0 radical (unpaired) electrons. The molecule has 26 heavy (non-hydrogen) atoms. The number of nitrogens with one attached hydrogen (secondary N) is 1. The second-order valence-corrected chi connectivity index (χ2v) is 5.51. The molecule has 0 saturated carbocycles. The Morgan fingerprint density at radius 1 is 1.12 bits per heavy atom. The minimum atomic E-state index is -0.295. The fourth-order valence-corrected chi connectivity index (χ4v) is 2.56. The molecule has 8 nitrogen and oxygen atoms in total. The van der Waals surface area contributed by atoms with Gasteiger partial charge in [0.2, 0.25) is 0 Å². The monoisotopic (exact) mass is 346 g/mol. The minimum Gasteiger partial charge on any atom is -0.497 e. The molecule has 1 amide bonds. The van der Waals surface area contributed by atoms with E-state index in [9.17, 15) is 4.79 Å². The van der Waals surface area contributed by atoms with E-state index in [1.807, 2.05) is 36.4 Å². The zero-order valence-electron chi connectivity index (χ0n) is 13.8. The van der Waals surface area contributed by atoms with Crippen molar-refractivity contribution in [1.82, 2.24) is 25.2 Å². The van der Waals surface area contributed by atoms with Crippen LogP contribution in [0.3, 0.4) is 0 Å². The van der Waals surface area contributed by atoms with Gasteiger partial charge in [0.1, 0.15) is 17.8 Å². The number of carbonyl (C=O) groups is 1. The Morgan fingerprint density at radius 2 is 2.04 bits per heavy atom. The lowest BCUT2D eigenvalue weighted by Crippen LogP contribution is -2.14. The number of methoxy groups -OCH3 is 1. The molecule has 4 aromatic rings. The zero-order chi connectivity index (χ0) is 17.9. The number of hydrogen-bond acceptors (Lipinski definition) is 6. The van der Waals surface area contributed by atoms with Gasteiger partial charge in [0.25, 0.3) is 5.91 Å². The first-order chi connectivity index (χ1) is 12.7. The van der Waals surface area contributed by atoms with Gasteiger partial charge in [-0.1, -0.05) is 12.1 Å². The Hall–Kier alpha value is -3.81. The third kappa shape index (κ3) is 3.07. The van der Waals surface area contributed by atoms with Gasteiger partial charge >= 0.3 is 0 Å². The normalized spacial score (nSPS) is 10.7. The Balaban J connectivity index is 1.58. The number of rotatable bonds is 4. The molecule has 0 aliphatic heterocycles. The molecule has 0 spiro atoms. The van der Waals surface area contributed by atoms with E-state index in [0.717, 1.165) is 22.3 Å². The SMILES string of the molecule is COc1ccc2nc(C(=O)Nc3cccc(-n4cnnn4)c3)ccc2c1. The number of carbonyl (C=O) groups excluding carboxylic acids is 1. The predicted molar refractivity (Wildman–Crippen MR) is 95.4 cm³/mol. The van der Waals surface area contributed by atoms with Gasteiger partial charge in [0.05, 0.1) is 18.3 Å². The topological polar surface area (TPSA) is 94.8 Å². The molecular formula is C18H14N6O2. The molecule has 0 saturated heterocycles. The van der Waals surface area contributed by atoms with E-state index < -0.39 is 0 Å². The van der Waals surface area contributed by atoms with Gasteiger partial charge < -0.3 is 10.1 Å². The van der Waals surface area contributed by atoms with Crippen LogP contribution in [-0.2, 0) is 0 Å². The number of fused-ring (bicyclic) bond motifs is 1. The maximum absolute atomic E-state index is 12.5. The molecule has 0 bridgehead atoms. The number of tetrazole rings is 1. The Kier molecular flexibility index (Phi) is 3.98. The van der Waals surface area contributed by atoms with E-state index in [-0.39, 0.29) is 5.91 Å². The van der Waals surface area contributed by atoms with Gasteiger partial charge in [-0.25, -0.2) is 9.67 Å². The van der Waals surface area contributed by atoms with Crippen LogP contribution >= 0.6 is 0 Å². The summed E-state index contributed by atoms with van der Waals surface area (Å²) >= 11 is 0. The molecule has 128 valence electrons. The van der Waals surface area contributed by atoms with E-state index in [1.54, 1.807) is 25.3 Å². The third-order valence-corrected chi connectivity index (χ3v) is 3.85. The Bertz CT molecular complexity index is 1080. The highest BCUT2D eigenvalue weighted by atomic mass is 16.5. The number of amides is 1. The molecule has 0 fully saturated rings. The number of anilines is 1. The first-order valence-electron chi connectivity index (χ1n) is 7.82. The minimum absolute atomic E-state index is 0.295. The number of hydrogen-bond donors (Lipinski definition) is 1. The van der Waals surface area contributed by atoms with Crippen LogP contribution in [0.15, 0.2) is 60.9 Å². The molecule has 0 aliphatic rings. The van der Waals surface area contributed by atoms with Crippen molar-refractivity contribution in [2.75, 3.05) is 12.4 Å². The van der Waals surface area contributed by atoms with Crippen molar-refractivity contribution in [2.45, 2.75) is 0 Å². The Labute approximate surface area is 148 Å². The fourth-order valence-electron chi connectivity index (χ4n) is 2.56. The van der Waals surface area contributed by atoms with Crippen molar-refractivity contribution in [2.24, 2.45) is 0 Å². The van der Waals surface area contributed by atoms with Gasteiger partial charge in [-0.15, -0.1) is 5.10 Å². The summed E-state index contributed by atoms with van der Waals surface area (Å²) < 4.78 is 6.71. The van der Waals surface area contributed by atoms with Gasteiger partial charge in [-0.3, -0.25) is 4.79 Å². The second kappa shape index (κ2) is 6.60. The van der Waals surface area contributed by atoms with E-state index in [1.165, 1.54) is 11.0 Å². The number of aromatic nitrogens is 5. The molecule has 8 heteroatoms. The maximum atomic E-state index is 12.5. The van der Waals surface area contributed by atoms with Gasteiger partial charge in [-0.05, 0) is 52.9 Å². The van der Waals surface area contributed by atoms with Crippen LogP contribution in [0, 0.1) is 0 Å². The van der Waals surface area contributed by atoms with Crippen molar-refractivity contribution in [1.29, 1.82) is 0 Å². The predicted octanol–water partition coefficient (Wildman–Crippen LogP) is 2.47. The van der Waals surface area contributed by atoms with E-state index >= 15 is 0 Å². The standard InChI is InChI=1S/C18H14N6O2/c1-26-15-6-8-16-12(9-15)5-7-17(21-16)18(25)20-13-3-2-4-14(10-13)24-11-19-22-23-24/h2-11H,1H3,(H,20,25). The summed E-state index contributed by atoms with van der Waals surface area (Å²) in [5, 5.41) is 14.8. The molecule has 0 aliphatic carbocycles. The summed E-state index contributed by atoms with van der Waals surface area (Å²) in [4.78, 5) is 16.9. The number of nitrogens with zero attached hydrogens (tertiary/aromatic N) is 5. The molecule has 2 aromatic carbocycles. The van der Waals surface area contributed by atoms with Crippen LogP contribution < -0.4 is 10.1 Å². The van der Waals surface area contributed by atoms with Crippen molar-refractivity contribution < 1.29 is 9.53 Å². The summed E-state index contributed by atoms with van der Waals surface area (Å²) in [6, 6.07) is 16.3. The largest absolute Gasteiger partial charge is 0.497 e. The fraction of sp³-hybridized carbons (Fsp3) is 0.0556. The molecule has 1 N–H and O–H groups in total. The average Bonchev–Trinajstić information content (AvgIpc) is 3.22. The van der Waals surface area contributed by atoms with Crippen LogP contribution in [0.25, 0.3) is 16.6 Å². The molecule has 2 heterocycles. The van der Waals surface area contributed by atoms with Crippen LogP contribution in [0.2, 0.25) is 0 Å². The van der Waals surface area contributed by atoms with Crippen LogP contribution in [-0.4, -0.2) is 38.2 Å².